The van der Waals surface area contributed by atoms with Gasteiger partial charge < -0.3 is 10.6 Å². The topological polar surface area (TPSA) is 70.3 Å². The maximum atomic E-state index is 11.7. The van der Waals surface area contributed by atoms with E-state index < -0.39 is 0 Å². The van der Waals surface area contributed by atoms with Gasteiger partial charge in [0.25, 0.3) is 0 Å². The van der Waals surface area contributed by atoms with Gasteiger partial charge in [-0.2, -0.15) is 0 Å². The highest BCUT2D eigenvalue weighted by Gasteiger charge is 2.17. The van der Waals surface area contributed by atoms with Gasteiger partial charge in [0.2, 0.25) is 0 Å². The second-order valence-electron chi connectivity index (χ2n) is 4.93. The summed E-state index contributed by atoms with van der Waals surface area (Å²) in [4.78, 5) is 18.7. The third-order valence-electron chi connectivity index (χ3n) is 3.15. The largest absolute Gasteiger partial charge is 0.363 e. The van der Waals surface area contributed by atoms with Crippen molar-refractivity contribution in [3.63, 3.8) is 0 Å². The third-order valence-corrected chi connectivity index (χ3v) is 3.15. The number of piperidine rings is 1. The van der Waals surface area contributed by atoms with Crippen LogP contribution in [0.1, 0.15) is 12.8 Å². The molecule has 6 nitrogen and oxygen atoms in total. The Balaban J connectivity index is 2.05. The lowest BCUT2D eigenvalue weighted by Gasteiger charge is -2.30. The van der Waals surface area contributed by atoms with Gasteiger partial charge in [-0.05, 0) is 19.4 Å². The summed E-state index contributed by atoms with van der Waals surface area (Å²) in [6.45, 7) is 2.51. The second kappa shape index (κ2) is 4.93. The van der Waals surface area contributed by atoms with Crippen LogP contribution in [-0.4, -0.2) is 47.7 Å². The number of nitrogens with zero attached hydrogens (tertiary/aromatic N) is 3. The van der Waals surface area contributed by atoms with Crippen LogP contribution in [0.2, 0.25) is 0 Å². The first-order valence-corrected chi connectivity index (χ1v) is 6.01. The Bertz CT molecular complexity index is 422. The molecule has 0 saturated carbocycles. The molecule has 17 heavy (non-hydrogen) atoms. The van der Waals surface area contributed by atoms with E-state index in [9.17, 15) is 4.79 Å². The van der Waals surface area contributed by atoms with Gasteiger partial charge in [0.1, 0.15) is 5.82 Å². The molecule has 1 aromatic rings. The molecular formula is C11H21N5O. The van der Waals surface area contributed by atoms with Crippen molar-refractivity contribution in [1.29, 1.82) is 0 Å². The van der Waals surface area contributed by atoms with Crippen LogP contribution in [0, 0.1) is 0 Å². The number of hydrogen-bond donors (Lipinski definition) is 2. The lowest BCUT2D eigenvalue weighted by Crippen LogP contribution is -2.44. The predicted octanol–water partition coefficient (Wildman–Crippen LogP) is -0.377. The minimum Gasteiger partial charge on any atom is -0.363 e. The quantitative estimate of drug-likeness (QED) is 0.754. The van der Waals surface area contributed by atoms with Gasteiger partial charge >= 0.3 is 5.69 Å². The first-order chi connectivity index (χ1) is 8.06. The van der Waals surface area contributed by atoms with E-state index >= 15 is 0 Å². The standard InChI is InChI=1S/C11H21N5O/c1-14(2)10-7-16(11(17)13-10)8-15-5-3-4-9(12)6-15/h7,9H,3-6,8,12H2,1-2H3,(H,13,17). The van der Waals surface area contributed by atoms with Gasteiger partial charge in [-0.1, -0.05) is 0 Å². The molecule has 0 aromatic carbocycles. The van der Waals surface area contributed by atoms with E-state index in [1.54, 1.807) is 4.57 Å². The summed E-state index contributed by atoms with van der Waals surface area (Å²) in [6, 6.07) is 0.242. The highest BCUT2D eigenvalue weighted by molar-refractivity contribution is 5.33. The van der Waals surface area contributed by atoms with E-state index in [1.807, 2.05) is 25.2 Å². The molecule has 0 bridgehead atoms. The van der Waals surface area contributed by atoms with Gasteiger partial charge in [-0.25, -0.2) is 4.79 Å². The summed E-state index contributed by atoms with van der Waals surface area (Å²) >= 11 is 0. The van der Waals surface area contributed by atoms with Crippen LogP contribution < -0.4 is 16.3 Å². The van der Waals surface area contributed by atoms with E-state index in [4.69, 9.17) is 5.73 Å². The fourth-order valence-corrected chi connectivity index (χ4v) is 2.19. The molecule has 1 fully saturated rings. The number of likely N-dealkylation sites (tertiary alicyclic amines) is 1. The minimum atomic E-state index is -0.0622. The Morgan fingerprint density at radius 1 is 1.59 bits per heavy atom. The summed E-state index contributed by atoms with van der Waals surface area (Å²) in [7, 11) is 3.82. The Hall–Kier alpha value is -1.27. The highest BCUT2D eigenvalue weighted by Crippen LogP contribution is 2.10. The van der Waals surface area contributed by atoms with Crippen molar-refractivity contribution in [3.8, 4) is 0 Å². The minimum absolute atomic E-state index is 0.0622. The van der Waals surface area contributed by atoms with E-state index in [2.05, 4.69) is 9.88 Å². The molecule has 0 spiro atoms. The third kappa shape index (κ3) is 2.89. The number of hydrogen-bond acceptors (Lipinski definition) is 4. The number of nitrogens with two attached hydrogens (primary N) is 1. The maximum absolute atomic E-state index is 11.7. The smallest absolute Gasteiger partial charge is 0.328 e. The highest BCUT2D eigenvalue weighted by atomic mass is 16.1. The molecule has 3 N–H and O–H groups in total. The van der Waals surface area contributed by atoms with Crippen LogP contribution in [-0.2, 0) is 6.67 Å². The van der Waals surface area contributed by atoms with Crippen LogP contribution in [0.3, 0.4) is 0 Å². The van der Waals surface area contributed by atoms with Crippen molar-refractivity contribution in [1.82, 2.24) is 14.5 Å². The number of nitrogens with one attached hydrogen (secondary N) is 1. The van der Waals surface area contributed by atoms with Crippen molar-refractivity contribution in [3.05, 3.63) is 16.7 Å². The van der Waals surface area contributed by atoms with Gasteiger partial charge in [0.15, 0.2) is 0 Å². The normalized spacial score (nSPS) is 21.7. The number of aromatic nitrogens is 2. The van der Waals surface area contributed by atoms with Gasteiger partial charge in [-0.3, -0.25) is 14.5 Å². The molecule has 1 unspecified atom stereocenters. The Morgan fingerprint density at radius 3 is 2.94 bits per heavy atom. The molecule has 1 aliphatic heterocycles. The zero-order chi connectivity index (χ0) is 12.4. The first kappa shape index (κ1) is 12.2. The maximum Gasteiger partial charge on any atom is 0.328 e. The summed E-state index contributed by atoms with van der Waals surface area (Å²) in [5, 5.41) is 0. The summed E-state index contributed by atoms with van der Waals surface area (Å²) in [5.74, 6) is 0.830. The van der Waals surface area contributed by atoms with E-state index in [1.165, 1.54) is 0 Å². The number of imidazole rings is 1. The molecule has 1 atom stereocenters. The first-order valence-electron chi connectivity index (χ1n) is 6.01. The molecule has 1 aliphatic rings. The molecule has 96 valence electrons. The SMILES string of the molecule is CN(C)c1cn(CN2CCCC(N)C2)c(=O)[nH]1. The van der Waals surface area contributed by atoms with Crippen molar-refractivity contribution in [2.24, 2.45) is 5.73 Å². The van der Waals surface area contributed by atoms with Crippen molar-refractivity contribution >= 4 is 5.82 Å². The molecule has 6 heteroatoms. The Labute approximate surface area is 101 Å². The number of H-pyrrole nitrogens is 1. The van der Waals surface area contributed by atoms with Gasteiger partial charge in [0, 0.05) is 26.7 Å². The fraction of sp³-hybridized carbons (Fsp3) is 0.727. The zero-order valence-electron chi connectivity index (χ0n) is 10.5. The summed E-state index contributed by atoms with van der Waals surface area (Å²) < 4.78 is 1.70. The van der Waals surface area contributed by atoms with Crippen LogP contribution in [0.25, 0.3) is 0 Å². The average Bonchev–Trinajstić information content (AvgIpc) is 2.61. The van der Waals surface area contributed by atoms with Crippen LogP contribution in [0.15, 0.2) is 11.0 Å². The van der Waals surface area contributed by atoms with Crippen LogP contribution in [0.5, 0.6) is 0 Å². The number of aromatic amines is 1. The number of anilines is 1. The summed E-state index contributed by atoms with van der Waals surface area (Å²) in [5.41, 5.74) is 5.86. The molecule has 0 radical (unpaired) electrons. The molecular weight excluding hydrogens is 218 g/mol. The number of rotatable bonds is 3. The fourth-order valence-electron chi connectivity index (χ4n) is 2.19. The predicted molar refractivity (Wildman–Crippen MR) is 68.2 cm³/mol. The van der Waals surface area contributed by atoms with Gasteiger partial charge in [0.05, 0.1) is 12.9 Å². The molecule has 0 amide bonds. The Kier molecular flexibility index (Phi) is 3.54. The molecule has 1 aromatic heterocycles. The lowest BCUT2D eigenvalue weighted by molar-refractivity contribution is 0.165. The lowest BCUT2D eigenvalue weighted by atomic mass is 10.1. The van der Waals surface area contributed by atoms with Crippen molar-refractivity contribution < 1.29 is 0 Å². The van der Waals surface area contributed by atoms with Crippen molar-refractivity contribution in [2.45, 2.75) is 25.6 Å². The monoisotopic (exact) mass is 239 g/mol. The van der Waals surface area contributed by atoms with E-state index in [0.29, 0.717) is 6.67 Å². The van der Waals surface area contributed by atoms with Crippen LogP contribution >= 0.6 is 0 Å². The molecule has 2 heterocycles. The van der Waals surface area contributed by atoms with Crippen LogP contribution in [0.4, 0.5) is 5.82 Å². The van der Waals surface area contributed by atoms with E-state index in [0.717, 1.165) is 31.7 Å². The second-order valence-corrected chi connectivity index (χ2v) is 4.93. The Morgan fingerprint density at radius 2 is 2.35 bits per heavy atom. The molecule has 2 rings (SSSR count). The summed E-state index contributed by atoms with van der Waals surface area (Å²) in [6.07, 6.45) is 4.05. The van der Waals surface area contributed by atoms with E-state index in [-0.39, 0.29) is 11.7 Å². The molecule has 0 aliphatic carbocycles. The average molecular weight is 239 g/mol. The molecule has 1 saturated heterocycles. The zero-order valence-corrected chi connectivity index (χ0v) is 10.5. The van der Waals surface area contributed by atoms with Gasteiger partial charge in [-0.15, -0.1) is 0 Å². The van der Waals surface area contributed by atoms with Crippen molar-refractivity contribution in [2.75, 3.05) is 32.1 Å².